The summed E-state index contributed by atoms with van der Waals surface area (Å²) >= 11 is 0. The normalized spacial score (nSPS) is 14.3. The number of amides is 2. The molecule has 0 bridgehead atoms. The van der Waals surface area contributed by atoms with Gasteiger partial charge in [0.05, 0.1) is 29.4 Å². The number of carboxylic acids is 1. The highest BCUT2D eigenvalue weighted by Crippen LogP contribution is 2.33. The van der Waals surface area contributed by atoms with E-state index in [-0.39, 0.29) is 29.6 Å². The summed E-state index contributed by atoms with van der Waals surface area (Å²) in [6, 6.07) is 11.5. The van der Waals surface area contributed by atoms with E-state index in [0.717, 1.165) is 4.31 Å². The number of aliphatic carboxylic acids is 1. The van der Waals surface area contributed by atoms with Crippen LogP contribution in [0.5, 0.6) is 5.75 Å². The number of nitriles is 1. The summed E-state index contributed by atoms with van der Waals surface area (Å²) in [4.78, 5) is 37.9. The molecule has 0 aliphatic carbocycles. The number of aryl methyl sites for hydroxylation is 1. The lowest BCUT2D eigenvalue weighted by Crippen LogP contribution is -2.44. The van der Waals surface area contributed by atoms with E-state index in [0.29, 0.717) is 42.6 Å². The SMILES string of the molecule is Cc1cc(OC2CCN(C(=O)OC(C)(C)C)CC2)c(C(N)=O)cc1N(CC=Cc1cccc(C#N)c1)S(=O)(=O)CC(=O)O. The second kappa shape index (κ2) is 13.6. The van der Waals surface area contributed by atoms with Gasteiger partial charge in [-0.1, -0.05) is 24.3 Å². The zero-order valence-electron chi connectivity index (χ0n) is 24.6. The van der Waals surface area contributed by atoms with Crippen molar-refractivity contribution < 1.29 is 37.4 Å². The van der Waals surface area contributed by atoms with Crippen LogP contribution in [-0.2, 0) is 19.6 Å². The molecule has 2 aromatic rings. The fourth-order valence-corrected chi connectivity index (χ4v) is 5.76. The van der Waals surface area contributed by atoms with E-state index in [1.54, 1.807) is 62.9 Å². The summed E-state index contributed by atoms with van der Waals surface area (Å²) in [5.41, 5.74) is 6.50. The Kier molecular flexibility index (Phi) is 10.4. The number of sulfonamides is 1. The zero-order valence-corrected chi connectivity index (χ0v) is 25.4. The lowest BCUT2D eigenvalue weighted by atomic mass is 10.1. The number of rotatable bonds is 10. The van der Waals surface area contributed by atoms with E-state index in [4.69, 9.17) is 20.5 Å². The smallest absolute Gasteiger partial charge is 0.410 e. The maximum atomic E-state index is 13.2. The molecule has 3 rings (SSSR count). The average molecular weight is 613 g/mol. The van der Waals surface area contributed by atoms with Gasteiger partial charge in [0.1, 0.15) is 17.5 Å². The number of piperidine rings is 1. The molecule has 2 aromatic carbocycles. The number of carbonyl (C=O) groups is 3. The number of likely N-dealkylation sites (tertiary alicyclic amines) is 1. The maximum absolute atomic E-state index is 13.2. The second-order valence-electron chi connectivity index (χ2n) is 11.1. The third kappa shape index (κ3) is 9.21. The summed E-state index contributed by atoms with van der Waals surface area (Å²) in [6.07, 6.45) is 3.29. The molecule has 0 spiro atoms. The van der Waals surface area contributed by atoms with Crippen molar-refractivity contribution in [1.82, 2.24) is 4.90 Å². The third-order valence-electron chi connectivity index (χ3n) is 6.46. The molecule has 230 valence electrons. The number of nitrogens with two attached hydrogens (primary N) is 1. The summed E-state index contributed by atoms with van der Waals surface area (Å²) in [5.74, 6) is -3.42. The van der Waals surface area contributed by atoms with Crippen LogP contribution in [0.1, 0.15) is 60.7 Å². The molecule has 1 aliphatic rings. The summed E-state index contributed by atoms with van der Waals surface area (Å²) in [5, 5.41) is 18.4. The van der Waals surface area contributed by atoms with Crippen molar-refractivity contribution in [3.63, 3.8) is 0 Å². The topological polar surface area (TPSA) is 180 Å². The van der Waals surface area contributed by atoms with Crippen molar-refractivity contribution in [2.45, 2.75) is 52.2 Å². The Morgan fingerprint density at radius 3 is 2.44 bits per heavy atom. The lowest BCUT2D eigenvalue weighted by molar-refractivity contribution is -0.134. The lowest BCUT2D eigenvalue weighted by Gasteiger charge is -2.34. The zero-order chi connectivity index (χ0) is 31.9. The van der Waals surface area contributed by atoms with Crippen LogP contribution in [0.25, 0.3) is 6.08 Å². The van der Waals surface area contributed by atoms with Crippen molar-refractivity contribution in [2.75, 3.05) is 29.7 Å². The highest BCUT2D eigenvalue weighted by atomic mass is 32.2. The van der Waals surface area contributed by atoms with Gasteiger partial charge < -0.3 is 25.2 Å². The van der Waals surface area contributed by atoms with Crippen molar-refractivity contribution in [3.8, 4) is 11.8 Å². The van der Waals surface area contributed by atoms with Crippen LogP contribution in [0.2, 0.25) is 0 Å². The molecule has 0 aromatic heterocycles. The minimum Gasteiger partial charge on any atom is -0.489 e. The first-order valence-corrected chi connectivity index (χ1v) is 15.2. The molecular weight excluding hydrogens is 576 g/mol. The van der Waals surface area contributed by atoms with Gasteiger partial charge in [0, 0.05) is 25.9 Å². The Balaban J connectivity index is 1.88. The molecule has 0 atom stereocenters. The van der Waals surface area contributed by atoms with E-state index in [1.807, 2.05) is 6.07 Å². The Labute approximate surface area is 251 Å². The Morgan fingerprint density at radius 2 is 1.86 bits per heavy atom. The van der Waals surface area contributed by atoms with Crippen LogP contribution in [0.15, 0.2) is 42.5 Å². The number of anilines is 1. The predicted octanol–water partition coefficient (Wildman–Crippen LogP) is 3.68. The molecule has 13 heteroatoms. The van der Waals surface area contributed by atoms with E-state index in [2.05, 4.69) is 0 Å². The summed E-state index contributed by atoms with van der Waals surface area (Å²) < 4.78 is 38.8. The van der Waals surface area contributed by atoms with Crippen LogP contribution >= 0.6 is 0 Å². The van der Waals surface area contributed by atoms with Gasteiger partial charge in [0.2, 0.25) is 10.0 Å². The van der Waals surface area contributed by atoms with Crippen LogP contribution in [0.3, 0.4) is 0 Å². The molecule has 0 radical (unpaired) electrons. The molecule has 1 fully saturated rings. The fourth-order valence-electron chi connectivity index (χ4n) is 4.48. The number of hydrogen-bond acceptors (Lipinski definition) is 8. The molecule has 1 saturated heterocycles. The summed E-state index contributed by atoms with van der Waals surface area (Å²) in [7, 11) is -4.39. The van der Waals surface area contributed by atoms with Gasteiger partial charge in [0.15, 0.2) is 5.75 Å². The number of ether oxygens (including phenoxy) is 2. The van der Waals surface area contributed by atoms with Gasteiger partial charge in [-0.15, -0.1) is 0 Å². The molecule has 12 nitrogen and oxygen atoms in total. The third-order valence-corrected chi connectivity index (χ3v) is 8.09. The number of hydrogen-bond donors (Lipinski definition) is 2. The second-order valence-corrected chi connectivity index (χ2v) is 13.0. The predicted molar refractivity (Wildman–Crippen MR) is 160 cm³/mol. The quantitative estimate of drug-likeness (QED) is 0.405. The highest BCUT2D eigenvalue weighted by molar-refractivity contribution is 7.93. The molecule has 1 aliphatic heterocycles. The minimum absolute atomic E-state index is 0.0672. The number of carbonyl (C=O) groups excluding carboxylic acids is 2. The first kappa shape index (κ1) is 32.9. The van der Waals surface area contributed by atoms with Crippen LogP contribution in [0.4, 0.5) is 10.5 Å². The Hall–Kier alpha value is -4.57. The largest absolute Gasteiger partial charge is 0.489 e. The Bertz CT molecular complexity index is 1550. The minimum atomic E-state index is -4.39. The molecule has 43 heavy (non-hydrogen) atoms. The number of benzene rings is 2. The van der Waals surface area contributed by atoms with Crippen LogP contribution in [0, 0.1) is 18.3 Å². The van der Waals surface area contributed by atoms with Gasteiger partial charge in [-0.05, 0) is 63.1 Å². The van der Waals surface area contributed by atoms with Gasteiger partial charge >= 0.3 is 12.1 Å². The highest BCUT2D eigenvalue weighted by Gasteiger charge is 2.30. The van der Waals surface area contributed by atoms with E-state index >= 15 is 0 Å². The van der Waals surface area contributed by atoms with E-state index in [9.17, 15) is 27.9 Å². The first-order valence-electron chi connectivity index (χ1n) is 13.6. The number of primary amides is 1. The summed E-state index contributed by atoms with van der Waals surface area (Å²) in [6.45, 7) is 7.49. The monoisotopic (exact) mass is 612 g/mol. The standard InChI is InChI=1S/C30H36N4O8S/c1-20-15-26(41-23-10-13-33(14-11-23)29(38)42-30(2,3)4)24(28(32)37)17-25(20)34(43(39,40)19-27(35)36)12-6-9-21-7-5-8-22(16-21)18-31/h5-9,15-17,23H,10-14,19H2,1-4H3,(H2,32,37)(H,35,36). The van der Waals surface area contributed by atoms with Crippen molar-refractivity contribution in [2.24, 2.45) is 5.73 Å². The molecule has 3 N–H and O–H groups in total. The average Bonchev–Trinajstić information content (AvgIpc) is 2.90. The van der Waals surface area contributed by atoms with Gasteiger partial charge in [-0.2, -0.15) is 5.26 Å². The van der Waals surface area contributed by atoms with Gasteiger partial charge in [-0.25, -0.2) is 13.2 Å². The molecule has 2 amide bonds. The van der Waals surface area contributed by atoms with Gasteiger partial charge in [-0.3, -0.25) is 13.9 Å². The molecule has 0 saturated carbocycles. The molecule has 1 heterocycles. The molecular formula is C30H36N4O8S. The first-order chi connectivity index (χ1) is 20.1. The van der Waals surface area contributed by atoms with Crippen molar-refractivity contribution in [1.29, 1.82) is 5.26 Å². The van der Waals surface area contributed by atoms with Gasteiger partial charge in [0.25, 0.3) is 5.91 Å². The van der Waals surface area contributed by atoms with Crippen molar-refractivity contribution in [3.05, 3.63) is 64.7 Å². The van der Waals surface area contributed by atoms with E-state index in [1.165, 1.54) is 18.2 Å². The van der Waals surface area contributed by atoms with Crippen LogP contribution in [-0.4, -0.2) is 73.5 Å². The van der Waals surface area contributed by atoms with Crippen LogP contribution < -0.4 is 14.8 Å². The number of nitrogens with zero attached hydrogens (tertiary/aromatic N) is 3. The Morgan fingerprint density at radius 1 is 1.19 bits per heavy atom. The van der Waals surface area contributed by atoms with Crippen molar-refractivity contribution >= 4 is 39.8 Å². The fraction of sp³-hybridized carbons (Fsp3) is 0.400. The van der Waals surface area contributed by atoms with E-state index < -0.39 is 39.3 Å². The maximum Gasteiger partial charge on any atom is 0.410 e. The molecule has 0 unspecified atom stereocenters. The number of carboxylic acid groups (broad SMARTS) is 1.